The third-order valence-electron chi connectivity index (χ3n) is 5.80. The molecule has 6 heteroatoms. The van der Waals surface area contributed by atoms with Gasteiger partial charge < -0.3 is 14.7 Å². The van der Waals surface area contributed by atoms with Crippen molar-refractivity contribution in [3.8, 4) is 5.75 Å². The monoisotopic (exact) mass is 376 g/mol. The summed E-state index contributed by atoms with van der Waals surface area (Å²) >= 11 is 5.89. The van der Waals surface area contributed by atoms with Crippen LogP contribution in [0.4, 0.5) is 10.1 Å². The molecule has 1 spiro atoms. The number of anilines is 1. The molecule has 2 aromatic rings. The lowest BCUT2D eigenvalue weighted by atomic mass is 9.48. The summed E-state index contributed by atoms with van der Waals surface area (Å²) in [7, 11) is 1.66. The number of aromatic nitrogens is 1. The average Bonchev–Trinajstić information content (AvgIpc) is 2.59. The van der Waals surface area contributed by atoms with Crippen LogP contribution in [0, 0.1) is 16.6 Å². The number of hydrogen-bond acceptors (Lipinski definition) is 4. The second kappa shape index (κ2) is 6.39. The Labute approximate surface area is 157 Å². The molecular formula is C20H22ClFN2O2. The van der Waals surface area contributed by atoms with Crippen molar-refractivity contribution in [2.24, 2.45) is 10.8 Å². The van der Waals surface area contributed by atoms with Gasteiger partial charge in [0.1, 0.15) is 11.6 Å². The summed E-state index contributed by atoms with van der Waals surface area (Å²) in [6.07, 6.45) is 6.26. The highest BCUT2D eigenvalue weighted by Gasteiger charge is 2.59. The number of rotatable bonds is 5. The van der Waals surface area contributed by atoms with E-state index in [2.05, 4.69) is 9.88 Å². The van der Waals surface area contributed by atoms with Gasteiger partial charge in [-0.15, -0.1) is 0 Å². The summed E-state index contributed by atoms with van der Waals surface area (Å²) in [6.45, 7) is 2.00. The fourth-order valence-electron chi connectivity index (χ4n) is 4.83. The Morgan fingerprint density at radius 3 is 2.73 bits per heavy atom. The fourth-order valence-corrected chi connectivity index (χ4v) is 5.01. The van der Waals surface area contributed by atoms with E-state index in [-0.39, 0.29) is 28.3 Å². The number of hydrogen-bond donors (Lipinski definition) is 1. The number of aliphatic hydroxyl groups excluding tert-OH is 1. The van der Waals surface area contributed by atoms with E-state index < -0.39 is 0 Å². The summed E-state index contributed by atoms with van der Waals surface area (Å²) in [5, 5.41) is 10.2. The summed E-state index contributed by atoms with van der Waals surface area (Å²) < 4.78 is 18.8. The minimum atomic E-state index is -0.390. The zero-order valence-electron chi connectivity index (χ0n) is 14.7. The average molecular weight is 377 g/mol. The Balaban J connectivity index is 1.41. The smallest absolute Gasteiger partial charge is 0.141 e. The summed E-state index contributed by atoms with van der Waals surface area (Å²) in [6, 6.07) is 6.73. The number of ether oxygens (including phenoxy) is 1. The van der Waals surface area contributed by atoms with Crippen LogP contribution in [0.1, 0.15) is 18.4 Å². The Hall–Kier alpha value is -1.85. The first-order chi connectivity index (χ1) is 12.5. The number of pyridine rings is 1. The van der Waals surface area contributed by atoms with Crippen LogP contribution < -0.4 is 9.64 Å². The van der Waals surface area contributed by atoms with Gasteiger partial charge in [-0.2, -0.15) is 0 Å². The van der Waals surface area contributed by atoms with Crippen LogP contribution in [0.5, 0.6) is 5.75 Å². The van der Waals surface area contributed by atoms with Gasteiger partial charge in [-0.05, 0) is 48.9 Å². The Morgan fingerprint density at radius 1 is 1.31 bits per heavy atom. The summed E-state index contributed by atoms with van der Waals surface area (Å²) in [4.78, 5) is 6.41. The molecule has 2 fully saturated rings. The summed E-state index contributed by atoms with van der Waals surface area (Å²) in [5.74, 6) is 0.434. The van der Waals surface area contributed by atoms with Gasteiger partial charge in [0.25, 0.3) is 0 Å². The molecule has 2 aliphatic rings. The van der Waals surface area contributed by atoms with E-state index in [0.717, 1.165) is 49.4 Å². The zero-order valence-corrected chi connectivity index (χ0v) is 15.5. The lowest BCUT2D eigenvalue weighted by molar-refractivity contribution is -0.0914. The highest BCUT2D eigenvalue weighted by Crippen LogP contribution is 2.60. The molecule has 0 radical (unpaired) electrons. The highest BCUT2D eigenvalue weighted by molar-refractivity contribution is 6.31. The molecule has 138 valence electrons. The van der Waals surface area contributed by atoms with E-state index >= 15 is 0 Å². The molecular weight excluding hydrogens is 355 g/mol. The Morgan fingerprint density at radius 2 is 2.08 bits per heavy atom. The van der Waals surface area contributed by atoms with Gasteiger partial charge in [-0.25, -0.2) is 4.39 Å². The first kappa shape index (κ1) is 17.6. The minimum absolute atomic E-state index is 0.108. The number of halogens is 2. The minimum Gasteiger partial charge on any atom is -0.496 e. The van der Waals surface area contributed by atoms with Crippen LogP contribution in [-0.4, -0.2) is 36.9 Å². The van der Waals surface area contributed by atoms with Crippen molar-refractivity contribution in [1.29, 1.82) is 0 Å². The molecule has 0 atom stereocenters. The molecule has 26 heavy (non-hydrogen) atoms. The van der Waals surface area contributed by atoms with Crippen molar-refractivity contribution in [1.82, 2.24) is 4.98 Å². The number of aliphatic hydroxyl groups is 1. The van der Waals surface area contributed by atoms with Crippen LogP contribution in [-0.2, 0) is 6.42 Å². The largest absolute Gasteiger partial charge is 0.496 e. The van der Waals surface area contributed by atoms with E-state index in [9.17, 15) is 9.50 Å². The molecule has 0 unspecified atom stereocenters. The molecule has 1 aliphatic carbocycles. The quantitative estimate of drug-likeness (QED) is 0.864. The molecule has 2 heterocycles. The SMILES string of the molecule is COc1ccncc1CC1(CO)CC2(CN(c3ccc(F)c(Cl)c3)C2)C1. The lowest BCUT2D eigenvalue weighted by Crippen LogP contribution is -2.67. The third-order valence-corrected chi connectivity index (χ3v) is 6.09. The Kier molecular flexibility index (Phi) is 4.32. The van der Waals surface area contributed by atoms with Gasteiger partial charge in [0.2, 0.25) is 0 Å². The van der Waals surface area contributed by atoms with Crippen molar-refractivity contribution in [3.63, 3.8) is 0 Å². The molecule has 1 saturated heterocycles. The Bertz CT molecular complexity index is 815. The van der Waals surface area contributed by atoms with Crippen LogP contribution >= 0.6 is 11.6 Å². The van der Waals surface area contributed by atoms with Crippen LogP contribution in [0.15, 0.2) is 36.7 Å². The van der Waals surface area contributed by atoms with Crippen LogP contribution in [0.2, 0.25) is 5.02 Å². The first-order valence-corrected chi connectivity index (χ1v) is 9.14. The van der Waals surface area contributed by atoms with Crippen molar-refractivity contribution in [2.45, 2.75) is 19.3 Å². The molecule has 1 aromatic carbocycles. The van der Waals surface area contributed by atoms with Gasteiger partial charge in [0.15, 0.2) is 0 Å². The molecule has 4 nitrogen and oxygen atoms in total. The third kappa shape index (κ3) is 2.93. The van der Waals surface area contributed by atoms with Crippen molar-refractivity contribution in [2.75, 3.05) is 31.7 Å². The van der Waals surface area contributed by atoms with Crippen molar-refractivity contribution >= 4 is 17.3 Å². The van der Waals surface area contributed by atoms with Crippen LogP contribution in [0.25, 0.3) is 0 Å². The number of benzene rings is 1. The molecule has 1 saturated carbocycles. The second-order valence-corrected chi connectivity index (χ2v) is 8.24. The standard InChI is InChI=1S/C20H22ClFN2O2/c1-26-18-4-5-23-8-14(18)7-19(13-25)9-20(10-19)11-24(12-20)15-2-3-17(22)16(21)6-15/h2-6,8,25H,7,9-13H2,1H3. The van der Waals surface area contributed by atoms with Gasteiger partial charge in [0.05, 0.1) is 12.1 Å². The highest BCUT2D eigenvalue weighted by atomic mass is 35.5. The molecule has 0 amide bonds. The predicted octanol–water partition coefficient (Wildman–Crippen LogP) is 3.70. The summed E-state index contributed by atoms with van der Waals surface area (Å²) in [5.41, 5.74) is 2.12. The fraction of sp³-hybridized carbons (Fsp3) is 0.450. The molecule has 4 rings (SSSR count). The van der Waals surface area contributed by atoms with Gasteiger partial charge >= 0.3 is 0 Å². The van der Waals surface area contributed by atoms with Crippen molar-refractivity contribution < 1.29 is 14.2 Å². The van der Waals surface area contributed by atoms with E-state index in [1.807, 2.05) is 12.3 Å². The molecule has 1 aromatic heterocycles. The van der Waals surface area contributed by atoms with Gasteiger partial charge in [-0.3, -0.25) is 4.98 Å². The van der Waals surface area contributed by atoms with Gasteiger partial charge in [-0.1, -0.05) is 11.6 Å². The van der Waals surface area contributed by atoms with E-state index in [1.165, 1.54) is 6.07 Å². The molecule has 0 bridgehead atoms. The van der Waals surface area contributed by atoms with Crippen LogP contribution in [0.3, 0.4) is 0 Å². The molecule has 1 N–H and O–H groups in total. The second-order valence-electron chi connectivity index (χ2n) is 7.83. The van der Waals surface area contributed by atoms with Crippen molar-refractivity contribution in [3.05, 3.63) is 53.1 Å². The van der Waals surface area contributed by atoms with E-state index in [4.69, 9.17) is 16.3 Å². The number of methoxy groups -OCH3 is 1. The first-order valence-electron chi connectivity index (χ1n) is 8.76. The van der Waals surface area contributed by atoms with E-state index in [1.54, 1.807) is 25.4 Å². The molecule has 1 aliphatic heterocycles. The maximum atomic E-state index is 13.3. The topological polar surface area (TPSA) is 45.6 Å². The predicted molar refractivity (Wildman–Crippen MR) is 99.3 cm³/mol. The van der Waals surface area contributed by atoms with Gasteiger partial charge in [0, 0.05) is 48.8 Å². The zero-order chi connectivity index (χ0) is 18.4. The normalized spacial score (nSPS) is 19.8. The maximum Gasteiger partial charge on any atom is 0.141 e. The van der Waals surface area contributed by atoms with E-state index in [0.29, 0.717) is 0 Å². The maximum absolute atomic E-state index is 13.3. The number of nitrogens with zero attached hydrogens (tertiary/aromatic N) is 2. The lowest BCUT2D eigenvalue weighted by Gasteiger charge is -2.65.